The van der Waals surface area contributed by atoms with E-state index in [1.54, 1.807) is 79.9 Å². The van der Waals surface area contributed by atoms with Crippen molar-refractivity contribution in [3.05, 3.63) is 259 Å². The van der Waals surface area contributed by atoms with Crippen molar-refractivity contribution >= 4 is 161 Å². The van der Waals surface area contributed by atoms with Crippen molar-refractivity contribution in [1.82, 2.24) is 72.8 Å². The highest BCUT2D eigenvalue weighted by Crippen LogP contribution is 2.55. The fraction of sp³-hybridized carbons (Fsp3) is 0.561. The van der Waals surface area contributed by atoms with E-state index in [4.69, 9.17) is 119 Å². The average Bonchev–Trinajstić information content (AvgIpc) is 1.63. The molecule has 14 heterocycles. The van der Waals surface area contributed by atoms with Crippen LogP contribution in [0.4, 0.5) is 13.6 Å². The summed E-state index contributed by atoms with van der Waals surface area (Å²) in [5.41, 5.74) is -6.45. The van der Waals surface area contributed by atoms with Gasteiger partial charge in [0.1, 0.15) is 61.9 Å². The number of aliphatic hydroxyl groups is 5. The molecule has 7 fully saturated rings. The molecule has 28 atom stereocenters. The lowest BCUT2D eigenvalue weighted by molar-refractivity contribution is -0.169. The first-order chi connectivity index (χ1) is 62.7. The van der Waals surface area contributed by atoms with Gasteiger partial charge in [-0.05, 0) is 79.5 Å². The number of carbonyl (C=O) groups excluding carboxylic acids is 2. The van der Waals surface area contributed by atoms with Crippen LogP contribution in [-0.4, -0.2) is 227 Å². The van der Waals surface area contributed by atoms with Crippen molar-refractivity contribution in [1.29, 1.82) is 0 Å². The maximum Gasteiger partial charge on any atom is 0.331 e. The van der Waals surface area contributed by atoms with Gasteiger partial charge in [-0.25, -0.2) is 42.3 Å². The van der Waals surface area contributed by atoms with Crippen molar-refractivity contribution in [2.24, 2.45) is 17.8 Å². The minimum absolute atomic E-state index is 0.000734. The number of aliphatic hydroxyl groups excluding tert-OH is 5. The van der Waals surface area contributed by atoms with E-state index in [9.17, 15) is 96.3 Å². The zero-order valence-electron chi connectivity index (χ0n) is 73.9. The molecule has 135 heavy (non-hydrogen) atoms. The van der Waals surface area contributed by atoms with E-state index in [0.29, 0.717) is 9.99 Å². The molecule has 1 aromatic carbocycles. The fourth-order valence-electron chi connectivity index (χ4n) is 15.5. The predicted octanol–water partition coefficient (Wildman–Crippen LogP) is 5.80. The highest BCUT2D eigenvalue weighted by Gasteiger charge is 2.64. The lowest BCUT2D eigenvalue weighted by atomic mass is 9.90. The number of urea groups is 1. The number of amides is 3. The van der Waals surface area contributed by atoms with E-state index in [1.807, 2.05) is 75.2 Å². The summed E-state index contributed by atoms with van der Waals surface area (Å²) >= 11 is 50.0. The molecule has 3 amide bonds. The number of nitrogens with zero attached hydrogens (tertiary/aromatic N) is 7. The first-order valence-electron chi connectivity index (χ1n) is 41.3. The number of halogens is 12. The molecule has 41 nitrogen and oxygen atoms in total. The second-order valence-corrected chi connectivity index (χ2v) is 41.8. The fourth-order valence-corrected chi connectivity index (χ4v) is 19.7. The number of carbonyl (C=O) groups is 2. The Bertz CT molecular complexity index is 5870. The SMILES string of the molecule is C=C1O[C@@H](n2ccc(=O)[nH]c2=O)[C@](C)(Cl)[C@@H]1O.CC[C@H]1O[C@@H](N2C=CC(NC(=O)c3ccccc3)NC2=O)[C@](C)(Cl)[C@@H]1C.CC[C@H]1O[C@@H](n2ccc(=O)[nH]c2=O)[C@](C)(Cl)[C@@H]1C.C[C@@]1(Cl)[C@H](O)[C@@H](CI)O[C@H]1n1ccc(=O)[nH]c1=O.C[C@@]1(Cl)[C@H](O)[C@@H](CO)O[C@H]1n1ccc(=O)[nH]c1=O.C[C@H]1[C@@](C)(Cl)[C@H](n2ccc(=O)[nH]c2=O)O[C@]1(F)CI.C[C@]1(Cl)[C@H](n2ccc(=O)[nH]c2=O)O[C@](F)(CI)[C@H]1O. The number of aromatic nitrogens is 12. The molecule has 0 spiro atoms. The molecule has 13 N–H and O–H groups in total. The van der Waals surface area contributed by atoms with Crippen molar-refractivity contribution in [2.45, 2.75) is 240 Å². The van der Waals surface area contributed by atoms with Crippen LogP contribution in [0.5, 0.6) is 0 Å². The third-order valence-electron chi connectivity index (χ3n) is 24.2. The molecule has 744 valence electrons. The summed E-state index contributed by atoms with van der Waals surface area (Å²) in [6, 6.07) is 15.6. The molecule has 8 aliphatic rings. The summed E-state index contributed by atoms with van der Waals surface area (Å²) in [6.45, 7) is 24.2. The molecule has 53 heteroatoms. The van der Waals surface area contributed by atoms with E-state index in [2.05, 4.69) is 64.7 Å². The molecule has 15 rings (SSSR count). The summed E-state index contributed by atoms with van der Waals surface area (Å²) < 4.78 is 74.8. The van der Waals surface area contributed by atoms with Crippen molar-refractivity contribution in [2.75, 3.05) is 19.9 Å². The number of alkyl halides is 12. The monoisotopic (exact) mass is 2380 g/mol. The number of H-pyrrole nitrogens is 6. The lowest BCUT2D eigenvalue weighted by Crippen LogP contribution is -2.58. The molecular formula is C82H101Cl7F2I3N15O26. The van der Waals surface area contributed by atoms with Gasteiger partial charge in [0.25, 0.3) is 39.3 Å². The molecule has 6 aromatic heterocycles. The van der Waals surface area contributed by atoms with Gasteiger partial charge >= 0.3 is 40.2 Å². The minimum atomic E-state index is -2.35. The molecular weight excluding hydrogens is 2280 g/mol. The highest BCUT2D eigenvalue weighted by atomic mass is 127. The van der Waals surface area contributed by atoms with Crippen LogP contribution in [0, 0.1) is 17.8 Å². The van der Waals surface area contributed by atoms with Crippen LogP contribution in [0.1, 0.15) is 144 Å². The van der Waals surface area contributed by atoms with Gasteiger partial charge in [-0.2, -0.15) is 0 Å². The Labute approximate surface area is 840 Å². The van der Waals surface area contributed by atoms with E-state index in [1.165, 1.54) is 90.1 Å². The van der Waals surface area contributed by atoms with Crippen LogP contribution >= 0.6 is 149 Å². The van der Waals surface area contributed by atoms with Crippen molar-refractivity contribution in [3.8, 4) is 0 Å². The molecule has 0 radical (unpaired) electrons. The molecule has 8 aliphatic heterocycles. The number of aromatic amines is 6. The zero-order valence-corrected chi connectivity index (χ0v) is 85.6. The molecule has 7 aromatic rings. The van der Waals surface area contributed by atoms with Crippen LogP contribution < -0.4 is 78.1 Å². The van der Waals surface area contributed by atoms with E-state index >= 15 is 0 Å². The normalized spacial score (nSPS) is 35.8. The van der Waals surface area contributed by atoms with Gasteiger partial charge in [0.15, 0.2) is 37.4 Å². The second-order valence-electron chi connectivity index (χ2n) is 33.6. The quantitative estimate of drug-likeness (QED) is 0.0426. The standard InChI is InChI=1S/C19H24ClN3O3.C12H17ClN2O3.C11H13ClFIN2O3.C10H11ClFIN2O4.C10H12ClIN2O4.C10H13ClN2O5.C10H11ClN2O4/c1-4-14-12(2)19(3,20)17(26-14)23-11-10-15(22-18(23)25)21-16(24)13-8-6-5-7-9-13;1-4-8-7(2)12(3,13)10(18-8)15-6-5-9(16)14-11(15)17;1-6-10(2,12)8(19-11(6,13)5-14)16-4-3-7(17)15-9(16)18;1-9(11)6(17)10(12,4-13)19-7(9)15-3-2-5(16)14-8(15)18;1-10(11)7(16)5(4-12)18-8(10)14-3-2-6(15)13-9(14)17;1-10(11)7(16)5(4-14)18-8(10)13-3-2-6(15)12-9(13)17;1-5-7(15)10(2,11)8(17-5)13-4-3-6(14)12-9(13)16/h5-12,14-15,17H,4H2,1-3H3,(H,21,24)(H,22,25);5-8,10H,4H2,1-3H3,(H,14,16,17);3-4,6,8H,5H2,1-2H3,(H,15,17,18);2-3,6-7,17H,4H2,1H3,(H,14,16,18);2-3,5,7-8,16H,4H2,1H3,(H,13,15,17);2-3,5,7-8,14,16H,4H2,1H3,(H,12,15,17);3-4,7-8,15H,1H2,2H3,(H,12,14,16)/t12-,14-,15?,17-,19-;7-,8-,10-,12-;6-,8+,10+,11+;6-,7+,9+,10+;2*5-,7-,8-,10-;7-,8-,10-/m1100111/s1. The van der Waals surface area contributed by atoms with Crippen molar-refractivity contribution < 1.29 is 77.1 Å². The van der Waals surface area contributed by atoms with E-state index < -0.39 is 212 Å². The summed E-state index contributed by atoms with van der Waals surface area (Å²) in [5, 5.41) is 54.2. The first kappa shape index (κ1) is 112. The Kier molecular flexibility index (Phi) is 36.7. The van der Waals surface area contributed by atoms with Crippen LogP contribution in [0.15, 0.2) is 186 Å². The van der Waals surface area contributed by atoms with Gasteiger partial charge in [-0.3, -0.25) is 95.8 Å². The number of hydrogen-bond donors (Lipinski definition) is 13. The molecule has 0 bridgehead atoms. The minimum Gasteiger partial charge on any atom is -0.470 e. The van der Waals surface area contributed by atoms with Gasteiger partial charge in [-0.15, -0.1) is 81.2 Å². The number of rotatable bonds is 15. The zero-order chi connectivity index (χ0) is 101. The van der Waals surface area contributed by atoms with Gasteiger partial charge in [-0.1, -0.05) is 127 Å². The lowest BCUT2D eigenvalue weighted by Gasteiger charge is -2.36. The van der Waals surface area contributed by atoms with Crippen molar-refractivity contribution in [3.63, 3.8) is 0 Å². The van der Waals surface area contributed by atoms with Gasteiger partial charge in [0.2, 0.25) is 17.9 Å². The Balaban J connectivity index is 0.000000178. The summed E-state index contributed by atoms with van der Waals surface area (Å²) in [6.07, 6.45) is -0.0266. The Morgan fingerprint density at radius 3 is 1.10 bits per heavy atom. The van der Waals surface area contributed by atoms with Gasteiger partial charge in [0.05, 0.1) is 48.4 Å². The van der Waals surface area contributed by atoms with Gasteiger partial charge in [0, 0.05) is 108 Å². The Hall–Kier alpha value is -7.04. The smallest absolute Gasteiger partial charge is 0.331 e. The van der Waals surface area contributed by atoms with Crippen LogP contribution in [0.2, 0.25) is 0 Å². The molecule has 0 saturated carbocycles. The number of ether oxygens (including phenoxy) is 7. The van der Waals surface area contributed by atoms with E-state index in [0.717, 1.165) is 49.4 Å². The van der Waals surface area contributed by atoms with Crippen LogP contribution in [0.25, 0.3) is 0 Å². The third kappa shape index (κ3) is 23.9. The second kappa shape index (κ2) is 44.4. The molecule has 1 unspecified atom stereocenters. The number of benzene rings is 1. The predicted molar refractivity (Wildman–Crippen MR) is 518 cm³/mol. The largest absolute Gasteiger partial charge is 0.470 e. The average molecular weight is 2380 g/mol. The maximum atomic E-state index is 14.6. The Morgan fingerprint density at radius 1 is 0.452 bits per heavy atom. The summed E-state index contributed by atoms with van der Waals surface area (Å²) in [7, 11) is 0. The van der Waals surface area contributed by atoms with Crippen LogP contribution in [-0.2, 0) is 33.2 Å². The third-order valence-corrected chi connectivity index (χ3v) is 30.3. The van der Waals surface area contributed by atoms with E-state index in [-0.39, 0.29) is 50.6 Å². The Morgan fingerprint density at radius 2 is 0.785 bits per heavy atom. The highest BCUT2D eigenvalue weighted by molar-refractivity contribution is 14.1. The summed E-state index contributed by atoms with van der Waals surface area (Å²) in [4.78, 5) is 167. The number of nitrogens with one attached hydrogen (secondary N) is 8. The summed E-state index contributed by atoms with van der Waals surface area (Å²) in [5.74, 6) is -4.81. The van der Waals surface area contributed by atoms with Gasteiger partial charge < -0.3 is 69.3 Å². The molecule has 7 saturated heterocycles. The van der Waals surface area contributed by atoms with Crippen LogP contribution in [0.3, 0.4) is 0 Å². The topological polar surface area (TPSA) is 556 Å². The maximum absolute atomic E-state index is 14.6. The number of hydrogen-bond acceptors (Lipinski definition) is 26. The first-order valence-corrected chi connectivity index (χ1v) is 48.5. The molecule has 0 aliphatic carbocycles.